The van der Waals surface area contributed by atoms with Gasteiger partial charge in [0, 0.05) is 5.56 Å². The summed E-state index contributed by atoms with van der Waals surface area (Å²) in [6.07, 6.45) is 5.06. The van der Waals surface area contributed by atoms with E-state index in [0.717, 1.165) is 11.3 Å². The van der Waals surface area contributed by atoms with Crippen LogP contribution in [0.5, 0.6) is 0 Å². The van der Waals surface area contributed by atoms with Crippen LogP contribution in [0.15, 0.2) is 43.0 Å². The minimum atomic E-state index is 0.116. The fraction of sp³-hybridized carbons (Fsp3) is 0.231. The number of hydrogen-bond acceptors (Lipinski definition) is 3. The number of ether oxygens (including phenoxy) is 1. The van der Waals surface area contributed by atoms with Crippen LogP contribution in [-0.2, 0) is 4.74 Å². The fourth-order valence-corrected chi connectivity index (χ4v) is 1.43. The van der Waals surface area contributed by atoms with Crippen LogP contribution in [0.4, 0.5) is 0 Å². The molecule has 2 rings (SSSR count). The quantitative estimate of drug-likeness (QED) is 0.757. The maximum absolute atomic E-state index is 5.78. The Labute approximate surface area is 101 Å². The molecule has 0 fully saturated rings. The normalized spacial score (nSPS) is 11.8. The summed E-state index contributed by atoms with van der Waals surface area (Å²) < 4.78 is 7.41. The van der Waals surface area contributed by atoms with E-state index in [0.29, 0.717) is 0 Å². The van der Waals surface area contributed by atoms with Gasteiger partial charge in [-0.25, -0.2) is 9.67 Å². The summed E-state index contributed by atoms with van der Waals surface area (Å²) in [6, 6.07) is 9.95. The van der Waals surface area contributed by atoms with E-state index in [1.165, 1.54) is 6.33 Å². The Morgan fingerprint density at radius 1 is 1.29 bits per heavy atom. The lowest BCUT2D eigenvalue weighted by molar-refractivity contribution is 0.205. The van der Waals surface area contributed by atoms with Crippen molar-refractivity contribution in [3.05, 3.63) is 48.5 Å². The second-order valence-corrected chi connectivity index (χ2v) is 3.90. The van der Waals surface area contributed by atoms with Crippen LogP contribution in [0.2, 0.25) is 0 Å². The molecule has 0 amide bonds. The maximum atomic E-state index is 5.78. The average molecular weight is 229 g/mol. The topological polar surface area (TPSA) is 39.9 Å². The van der Waals surface area contributed by atoms with Crippen molar-refractivity contribution >= 4 is 12.0 Å². The van der Waals surface area contributed by atoms with Gasteiger partial charge in [-0.3, -0.25) is 0 Å². The maximum Gasteiger partial charge on any atom is 0.145 e. The molecular weight excluding hydrogens is 214 g/mol. The van der Waals surface area contributed by atoms with Crippen LogP contribution in [0.1, 0.15) is 19.4 Å². The van der Waals surface area contributed by atoms with Gasteiger partial charge < -0.3 is 4.74 Å². The lowest BCUT2D eigenvalue weighted by atomic mass is 10.2. The molecule has 0 unspecified atom stereocenters. The molecule has 0 bridgehead atoms. The van der Waals surface area contributed by atoms with Crippen LogP contribution < -0.4 is 0 Å². The first-order valence-corrected chi connectivity index (χ1v) is 5.53. The van der Waals surface area contributed by atoms with Crippen LogP contribution in [-0.4, -0.2) is 20.9 Å². The van der Waals surface area contributed by atoms with E-state index in [2.05, 4.69) is 10.1 Å². The van der Waals surface area contributed by atoms with Crippen LogP contribution in [0, 0.1) is 0 Å². The SMILES string of the molecule is CC(C)O/C(=C\n1cncn1)c1ccccc1. The molecule has 0 saturated carbocycles. The van der Waals surface area contributed by atoms with E-state index in [4.69, 9.17) is 4.74 Å². The van der Waals surface area contributed by atoms with Gasteiger partial charge in [-0.2, -0.15) is 5.10 Å². The Hall–Kier alpha value is -2.10. The predicted molar refractivity (Wildman–Crippen MR) is 66.9 cm³/mol. The Morgan fingerprint density at radius 2 is 2.06 bits per heavy atom. The summed E-state index contributed by atoms with van der Waals surface area (Å²) in [7, 11) is 0. The Kier molecular flexibility index (Phi) is 3.55. The van der Waals surface area contributed by atoms with Gasteiger partial charge in [0.15, 0.2) is 0 Å². The summed E-state index contributed by atoms with van der Waals surface area (Å²) in [5, 5.41) is 4.04. The monoisotopic (exact) mass is 229 g/mol. The highest BCUT2D eigenvalue weighted by Gasteiger charge is 2.05. The molecule has 0 spiro atoms. The molecule has 0 N–H and O–H groups in total. The van der Waals surface area contributed by atoms with Crippen molar-refractivity contribution < 1.29 is 4.74 Å². The van der Waals surface area contributed by atoms with E-state index in [9.17, 15) is 0 Å². The lowest BCUT2D eigenvalue weighted by Gasteiger charge is -2.13. The van der Waals surface area contributed by atoms with E-state index in [1.54, 1.807) is 11.0 Å². The Morgan fingerprint density at radius 3 is 2.65 bits per heavy atom. The molecule has 0 radical (unpaired) electrons. The smallest absolute Gasteiger partial charge is 0.145 e. The third kappa shape index (κ3) is 3.17. The van der Waals surface area contributed by atoms with Gasteiger partial charge in [-0.15, -0.1) is 0 Å². The molecule has 0 aliphatic carbocycles. The minimum Gasteiger partial charge on any atom is -0.489 e. The van der Waals surface area contributed by atoms with Crippen molar-refractivity contribution in [2.24, 2.45) is 0 Å². The molecule has 0 saturated heterocycles. The third-order valence-corrected chi connectivity index (χ3v) is 2.11. The number of benzene rings is 1. The second kappa shape index (κ2) is 5.30. The first-order valence-electron chi connectivity index (χ1n) is 5.53. The Bertz CT molecular complexity index is 475. The van der Waals surface area contributed by atoms with Gasteiger partial charge >= 0.3 is 0 Å². The second-order valence-electron chi connectivity index (χ2n) is 3.90. The van der Waals surface area contributed by atoms with Gasteiger partial charge in [-0.05, 0) is 13.8 Å². The zero-order valence-electron chi connectivity index (χ0n) is 9.95. The fourth-order valence-electron chi connectivity index (χ4n) is 1.43. The number of hydrogen-bond donors (Lipinski definition) is 0. The molecule has 1 heterocycles. The van der Waals surface area contributed by atoms with Crippen LogP contribution in [0.3, 0.4) is 0 Å². The van der Waals surface area contributed by atoms with Gasteiger partial charge in [-0.1, -0.05) is 30.3 Å². The highest BCUT2D eigenvalue weighted by Crippen LogP contribution is 2.18. The molecule has 4 nitrogen and oxygen atoms in total. The van der Waals surface area contributed by atoms with Crippen molar-refractivity contribution in [1.82, 2.24) is 14.8 Å². The molecule has 0 atom stereocenters. The minimum absolute atomic E-state index is 0.116. The number of nitrogens with zero attached hydrogens (tertiary/aromatic N) is 3. The molecule has 1 aromatic heterocycles. The standard InChI is InChI=1S/C13H15N3O/c1-11(2)17-13(8-16-10-14-9-15-16)12-6-4-3-5-7-12/h3-11H,1-2H3/b13-8-. The molecule has 4 heteroatoms. The summed E-state index contributed by atoms with van der Waals surface area (Å²) in [5.41, 5.74) is 1.02. The number of aromatic nitrogens is 3. The summed E-state index contributed by atoms with van der Waals surface area (Å²) in [6.45, 7) is 4.00. The molecular formula is C13H15N3O. The van der Waals surface area contributed by atoms with E-state index in [1.807, 2.05) is 50.4 Å². The first kappa shape index (κ1) is 11.4. The first-order chi connectivity index (χ1) is 8.25. The van der Waals surface area contributed by atoms with E-state index < -0.39 is 0 Å². The lowest BCUT2D eigenvalue weighted by Crippen LogP contribution is -2.03. The zero-order valence-corrected chi connectivity index (χ0v) is 9.95. The molecule has 0 aliphatic heterocycles. The molecule has 0 aliphatic rings. The van der Waals surface area contributed by atoms with Crippen molar-refractivity contribution in [3.8, 4) is 0 Å². The summed E-state index contributed by atoms with van der Waals surface area (Å²) in [4.78, 5) is 3.90. The van der Waals surface area contributed by atoms with Crippen molar-refractivity contribution in [3.63, 3.8) is 0 Å². The Balaban J connectivity index is 2.32. The molecule has 2 aromatic rings. The van der Waals surface area contributed by atoms with Gasteiger partial charge in [0.1, 0.15) is 18.4 Å². The third-order valence-electron chi connectivity index (χ3n) is 2.11. The predicted octanol–water partition coefficient (Wildman–Crippen LogP) is 2.66. The molecule has 17 heavy (non-hydrogen) atoms. The zero-order chi connectivity index (χ0) is 12.1. The molecule has 1 aromatic carbocycles. The van der Waals surface area contributed by atoms with Gasteiger partial charge in [0.25, 0.3) is 0 Å². The van der Waals surface area contributed by atoms with Gasteiger partial charge in [0.05, 0.1) is 12.3 Å². The van der Waals surface area contributed by atoms with Crippen molar-refractivity contribution in [2.45, 2.75) is 20.0 Å². The van der Waals surface area contributed by atoms with Gasteiger partial charge in [0.2, 0.25) is 0 Å². The summed E-state index contributed by atoms with van der Waals surface area (Å²) >= 11 is 0. The van der Waals surface area contributed by atoms with Crippen LogP contribution >= 0.6 is 0 Å². The average Bonchev–Trinajstić information content (AvgIpc) is 2.82. The van der Waals surface area contributed by atoms with Crippen molar-refractivity contribution in [1.29, 1.82) is 0 Å². The van der Waals surface area contributed by atoms with Crippen molar-refractivity contribution in [2.75, 3.05) is 0 Å². The largest absolute Gasteiger partial charge is 0.489 e. The van der Waals surface area contributed by atoms with E-state index in [-0.39, 0.29) is 6.10 Å². The van der Waals surface area contributed by atoms with E-state index >= 15 is 0 Å². The van der Waals surface area contributed by atoms with Crippen LogP contribution in [0.25, 0.3) is 12.0 Å². The highest BCUT2D eigenvalue weighted by molar-refractivity contribution is 5.69. The number of rotatable bonds is 4. The summed E-state index contributed by atoms with van der Waals surface area (Å²) in [5.74, 6) is 0.783. The molecule has 88 valence electrons. The highest BCUT2D eigenvalue weighted by atomic mass is 16.5.